The van der Waals surface area contributed by atoms with Crippen LogP contribution >= 0.6 is 0 Å². The van der Waals surface area contributed by atoms with Gasteiger partial charge in [-0.25, -0.2) is 8.78 Å². The highest BCUT2D eigenvalue weighted by Crippen LogP contribution is 2.33. The summed E-state index contributed by atoms with van der Waals surface area (Å²) in [5.74, 6) is -1.14. The van der Waals surface area contributed by atoms with Gasteiger partial charge in [0.25, 0.3) is 0 Å². The average Bonchev–Trinajstić information content (AvgIpc) is 2.18. The zero-order valence-corrected chi connectivity index (χ0v) is 7.52. The number of halogens is 2. The minimum absolute atomic E-state index is 0.0566. The number of hydrogen-bond acceptors (Lipinski definition) is 2. The van der Waals surface area contributed by atoms with Gasteiger partial charge in [0, 0.05) is 11.6 Å². The minimum Gasteiger partial charge on any atom is -0.493 e. The lowest BCUT2D eigenvalue weighted by Crippen LogP contribution is -2.13. The fraction of sp³-hybridized carbons (Fsp3) is 0.400. The first-order chi connectivity index (χ1) is 6.74. The van der Waals surface area contributed by atoms with Crippen LogP contribution in [0, 0.1) is 11.6 Å². The number of aliphatic hydroxyl groups is 1. The maximum Gasteiger partial charge on any atom is 0.135 e. The quantitative estimate of drug-likeness (QED) is 0.748. The van der Waals surface area contributed by atoms with Gasteiger partial charge in [-0.1, -0.05) is 0 Å². The minimum atomic E-state index is -0.745. The first-order valence-corrected chi connectivity index (χ1v) is 4.47. The Morgan fingerprint density at radius 1 is 1.36 bits per heavy atom. The van der Waals surface area contributed by atoms with Crippen molar-refractivity contribution in [1.29, 1.82) is 0 Å². The third kappa shape index (κ3) is 1.35. The third-order valence-electron chi connectivity index (χ3n) is 2.35. The van der Waals surface area contributed by atoms with E-state index in [-0.39, 0.29) is 11.3 Å². The van der Waals surface area contributed by atoms with Gasteiger partial charge in [0.1, 0.15) is 17.4 Å². The lowest BCUT2D eigenvalue weighted by atomic mass is 10.0. The number of aliphatic hydroxyl groups excluding tert-OH is 1. The zero-order chi connectivity index (χ0) is 10.1. The Balaban J connectivity index is 2.61. The molecule has 0 aliphatic carbocycles. The highest BCUT2D eigenvalue weighted by atomic mass is 19.1. The van der Waals surface area contributed by atoms with Crippen LogP contribution in [-0.2, 0) is 13.0 Å². The lowest BCUT2D eigenvalue weighted by Gasteiger charge is -2.20. The molecule has 0 aromatic heterocycles. The summed E-state index contributed by atoms with van der Waals surface area (Å²) in [5.41, 5.74) is 0.433. The predicted octanol–water partition coefficient (Wildman–Crippen LogP) is 1.78. The molecule has 1 aromatic carbocycles. The largest absolute Gasteiger partial charge is 0.493 e. The SMILES string of the molecule is OCc1c(F)cc(F)c2c1OCCC2. The summed E-state index contributed by atoms with van der Waals surface area (Å²) in [6.45, 7) is -0.0165. The van der Waals surface area contributed by atoms with E-state index >= 15 is 0 Å². The second-order valence-electron chi connectivity index (χ2n) is 3.24. The van der Waals surface area contributed by atoms with E-state index in [0.717, 1.165) is 12.5 Å². The number of hydrogen-bond donors (Lipinski definition) is 1. The molecule has 0 fully saturated rings. The molecule has 1 heterocycles. The molecule has 14 heavy (non-hydrogen) atoms. The Morgan fingerprint density at radius 2 is 2.14 bits per heavy atom. The van der Waals surface area contributed by atoms with Gasteiger partial charge < -0.3 is 9.84 Å². The van der Waals surface area contributed by atoms with Crippen LogP contribution < -0.4 is 4.74 Å². The van der Waals surface area contributed by atoms with Crippen molar-refractivity contribution in [2.45, 2.75) is 19.4 Å². The van der Waals surface area contributed by atoms with E-state index in [9.17, 15) is 8.78 Å². The van der Waals surface area contributed by atoms with Crippen LogP contribution in [0.5, 0.6) is 5.75 Å². The summed E-state index contributed by atoms with van der Waals surface area (Å²) in [7, 11) is 0. The van der Waals surface area contributed by atoms with Crippen LogP contribution in [0.4, 0.5) is 8.78 Å². The van der Waals surface area contributed by atoms with Gasteiger partial charge in [-0.15, -0.1) is 0 Å². The Labute approximate surface area is 80.1 Å². The van der Waals surface area contributed by atoms with Crippen LogP contribution in [0.1, 0.15) is 17.5 Å². The van der Waals surface area contributed by atoms with Crippen LogP contribution in [0.25, 0.3) is 0 Å². The number of rotatable bonds is 1. The summed E-state index contributed by atoms with van der Waals surface area (Å²) in [5, 5.41) is 8.92. The Bertz CT molecular complexity index is 343. The van der Waals surface area contributed by atoms with Gasteiger partial charge in [-0.2, -0.15) is 0 Å². The molecule has 0 amide bonds. The summed E-state index contributed by atoms with van der Waals surface area (Å²) < 4.78 is 31.6. The standard InChI is InChI=1S/C10H10F2O2/c11-8-4-9(12)7(5-13)10-6(8)2-1-3-14-10/h4,13H,1-3,5H2. The van der Waals surface area contributed by atoms with Crippen molar-refractivity contribution in [3.05, 3.63) is 28.8 Å². The molecule has 0 spiro atoms. The average molecular weight is 200 g/mol. The van der Waals surface area contributed by atoms with Crippen LogP contribution in [0.3, 0.4) is 0 Å². The van der Waals surface area contributed by atoms with E-state index in [1.165, 1.54) is 0 Å². The molecular weight excluding hydrogens is 190 g/mol. The summed E-state index contributed by atoms with van der Waals surface area (Å²) in [6, 6.07) is 0.805. The summed E-state index contributed by atoms with van der Waals surface area (Å²) in [6.07, 6.45) is 1.26. The van der Waals surface area contributed by atoms with Crippen molar-refractivity contribution in [2.75, 3.05) is 6.61 Å². The second kappa shape index (κ2) is 3.53. The number of benzene rings is 1. The monoisotopic (exact) mass is 200 g/mol. The van der Waals surface area contributed by atoms with Crippen molar-refractivity contribution < 1.29 is 18.6 Å². The van der Waals surface area contributed by atoms with Gasteiger partial charge in [-0.05, 0) is 12.8 Å². The molecule has 4 heteroatoms. The van der Waals surface area contributed by atoms with E-state index in [2.05, 4.69) is 0 Å². The van der Waals surface area contributed by atoms with Gasteiger partial charge in [-0.3, -0.25) is 0 Å². The maximum absolute atomic E-state index is 13.2. The molecule has 0 saturated carbocycles. The molecule has 2 nitrogen and oxygen atoms in total. The molecule has 1 aliphatic heterocycles. The Hall–Kier alpha value is -1.16. The maximum atomic E-state index is 13.2. The lowest BCUT2D eigenvalue weighted by molar-refractivity contribution is 0.243. The molecule has 0 unspecified atom stereocenters. The molecule has 0 atom stereocenters. The molecule has 76 valence electrons. The number of ether oxygens (including phenoxy) is 1. The molecule has 1 N–H and O–H groups in total. The fourth-order valence-corrected chi connectivity index (χ4v) is 1.66. The summed E-state index contributed by atoms with van der Waals surface area (Å²) in [4.78, 5) is 0. The third-order valence-corrected chi connectivity index (χ3v) is 2.35. The highest BCUT2D eigenvalue weighted by Gasteiger charge is 2.21. The second-order valence-corrected chi connectivity index (χ2v) is 3.24. The van der Waals surface area contributed by atoms with Crippen molar-refractivity contribution in [1.82, 2.24) is 0 Å². The molecule has 0 saturated heterocycles. The van der Waals surface area contributed by atoms with Crippen molar-refractivity contribution in [2.24, 2.45) is 0 Å². The van der Waals surface area contributed by atoms with Crippen LogP contribution in [-0.4, -0.2) is 11.7 Å². The molecule has 1 aromatic rings. The van der Waals surface area contributed by atoms with Crippen molar-refractivity contribution in [3.63, 3.8) is 0 Å². The fourth-order valence-electron chi connectivity index (χ4n) is 1.66. The van der Waals surface area contributed by atoms with E-state index in [1.54, 1.807) is 0 Å². The normalized spacial score (nSPS) is 14.8. The smallest absolute Gasteiger partial charge is 0.135 e. The molecular formula is C10H10F2O2. The predicted molar refractivity (Wildman–Crippen MR) is 46.1 cm³/mol. The first-order valence-electron chi connectivity index (χ1n) is 4.47. The van der Waals surface area contributed by atoms with E-state index < -0.39 is 18.2 Å². The van der Waals surface area contributed by atoms with E-state index in [0.29, 0.717) is 18.6 Å². The van der Waals surface area contributed by atoms with Crippen LogP contribution in [0.15, 0.2) is 6.07 Å². The van der Waals surface area contributed by atoms with Gasteiger partial charge in [0.2, 0.25) is 0 Å². The topological polar surface area (TPSA) is 29.5 Å². The van der Waals surface area contributed by atoms with Crippen molar-refractivity contribution >= 4 is 0 Å². The summed E-state index contributed by atoms with van der Waals surface area (Å²) >= 11 is 0. The van der Waals surface area contributed by atoms with Gasteiger partial charge in [0.15, 0.2) is 0 Å². The van der Waals surface area contributed by atoms with Gasteiger partial charge >= 0.3 is 0 Å². The first kappa shape index (κ1) is 9.40. The van der Waals surface area contributed by atoms with E-state index in [1.807, 2.05) is 0 Å². The highest BCUT2D eigenvalue weighted by molar-refractivity contribution is 5.44. The molecule has 0 radical (unpaired) electrons. The number of fused-ring (bicyclic) bond motifs is 1. The molecule has 0 bridgehead atoms. The molecule has 1 aliphatic rings. The zero-order valence-electron chi connectivity index (χ0n) is 7.52. The van der Waals surface area contributed by atoms with Crippen molar-refractivity contribution in [3.8, 4) is 5.75 Å². The van der Waals surface area contributed by atoms with E-state index in [4.69, 9.17) is 9.84 Å². The van der Waals surface area contributed by atoms with Crippen LogP contribution in [0.2, 0.25) is 0 Å². The Kier molecular flexibility index (Phi) is 2.37. The Morgan fingerprint density at radius 3 is 2.86 bits per heavy atom. The molecule has 2 rings (SSSR count). The van der Waals surface area contributed by atoms with Gasteiger partial charge in [0.05, 0.1) is 18.8 Å².